The summed E-state index contributed by atoms with van der Waals surface area (Å²) in [5, 5.41) is 20.7. The fourth-order valence-corrected chi connectivity index (χ4v) is 1.17. The average molecular weight is 223 g/mol. The van der Waals surface area contributed by atoms with E-state index in [0.717, 1.165) is 5.56 Å². The summed E-state index contributed by atoms with van der Waals surface area (Å²) in [6.45, 7) is 1.90. The second-order valence-electron chi connectivity index (χ2n) is 3.11. The van der Waals surface area contributed by atoms with Gasteiger partial charge in [-0.25, -0.2) is 4.79 Å². The molecule has 16 heavy (non-hydrogen) atoms. The Morgan fingerprint density at radius 1 is 1.38 bits per heavy atom. The van der Waals surface area contributed by atoms with E-state index in [9.17, 15) is 4.79 Å². The van der Waals surface area contributed by atoms with Crippen LogP contribution in [-0.4, -0.2) is 28.6 Å². The number of esters is 1. The van der Waals surface area contributed by atoms with Crippen molar-refractivity contribution >= 4 is 11.7 Å². The van der Waals surface area contributed by atoms with Crippen LogP contribution < -0.4 is 0 Å². The molecule has 0 radical (unpaired) electrons. The second-order valence-corrected chi connectivity index (χ2v) is 3.11. The number of nitrogens with zero attached hydrogens (tertiary/aromatic N) is 1. The molecule has 86 valence electrons. The van der Waals surface area contributed by atoms with Gasteiger partial charge in [0.1, 0.15) is 5.75 Å². The third-order valence-electron chi connectivity index (χ3n) is 1.94. The van der Waals surface area contributed by atoms with E-state index in [-0.39, 0.29) is 24.5 Å². The summed E-state index contributed by atoms with van der Waals surface area (Å²) in [7, 11) is 0. The molecule has 1 aromatic rings. The molecule has 0 aromatic heterocycles. The molecule has 0 bridgehead atoms. The summed E-state index contributed by atoms with van der Waals surface area (Å²) in [6, 6.07) is 6.27. The van der Waals surface area contributed by atoms with Crippen molar-refractivity contribution in [1.82, 2.24) is 0 Å². The Labute approximate surface area is 93.0 Å². The molecule has 5 heteroatoms. The zero-order valence-electron chi connectivity index (χ0n) is 8.88. The van der Waals surface area contributed by atoms with Gasteiger partial charge in [-0.3, -0.25) is 0 Å². The predicted molar refractivity (Wildman–Crippen MR) is 57.7 cm³/mol. The van der Waals surface area contributed by atoms with Crippen molar-refractivity contribution in [2.75, 3.05) is 6.61 Å². The first kappa shape index (κ1) is 12.0. The number of benzene rings is 1. The van der Waals surface area contributed by atoms with E-state index >= 15 is 0 Å². The first-order valence-corrected chi connectivity index (χ1v) is 4.83. The maximum atomic E-state index is 11.3. The Kier molecular flexibility index (Phi) is 4.32. The molecule has 0 heterocycles. The van der Waals surface area contributed by atoms with Crippen LogP contribution in [0.1, 0.15) is 12.5 Å². The van der Waals surface area contributed by atoms with Crippen molar-refractivity contribution in [2.45, 2.75) is 13.3 Å². The topological polar surface area (TPSA) is 79.1 Å². The first-order chi connectivity index (χ1) is 7.67. The quantitative estimate of drug-likeness (QED) is 0.349. The summed E-state index contributed by atoms with van der Waals surface area (Å²) in [5.74, 6) is -0.500. The van der Waals surface area contributed by atoms with Crippen LogP contribution in [0.4, 0.5) is 0 Å². The summed E-state index contributed by atoms with van der Waals surface area (Å²) in [6.07, 6.45) is 0.162. The molecule has 0 saturated carbocycles. The van der Waals surface area contributed by atoms with Crippen molar-refractivity contribution in [2.24, 2.45) is 5.16 Å². The smallest absolute Gasteiger partial charge is 0.356 e. The van der Waals surface area contributed by atoms with Crippen molar-refractivity contribution in [3.8, 4) is 5.75 Å². The maximum Gasteiger partial charge on any atom is 0.356 e. The molecule has 0 unspecified atom stereocenters. The van der Waals surface area contributed by atoms with Gasteiger partial charge in [0.05, 0.1) is 6.61 Å². The number of phenols is 1. The highest BCUT2D eigenvalue weighted by molar-refractivity contribution is 6.36. The first-order valence-electron chi connectivity index (χ1n) is 4.83. The monoisotopic (exact) mass is 223 g/mol. The van der Waals surface area contributed by atoms with Crippen LogP contribution in [0, 0.1) is 0 Å². The predicted octanol–water partition coefficient (Wildman–Crippen LogP) is 1.33. The van der Waals surface area contributed by atoms with E-state index in [1.54, 1.807) is 19.1 Å². The van der Waals surface area contributed by atoms with Crippen molar-refractivity contribution in [3.63, 3.8) is 0 Å². The van der Waals surface area contributed by atoms with Crippen molar-refractivity contribution < 1.29 is 19.8 Å². The van der Waals surface area contributed by atoms with Crippen molar-refractivity contribution in [3.05, 3.63) is 29.8 Å². The lowest BCUT2D eigenvalue weighted by molar-refractivity contribution is -0.135. The van der Waals surface area contributed by atoms with Crippen LogP contribution >= 0.6 is 0 Å². The molecule has 5 nitrogen and oxygen atoms in total. The maximum absolute atomic E-state index is 11.3. The molecule has 1 rings (SSSR count). The third-order valence-corrected chi connectivity index (χ3v) is 1.94. The molecular formula is C11H13NO4. The van der Waals surface area contributed by atoms with Gasteiger partial charge < -0.3 is 15.1 Å². The van der Waals surface area contributed by atoms with Crippen LogP contribution in [-0.2, 0) is 16.0 Å². The molecule has 0 saturated heterocycles. The van der Waals surface area contributed by atoms with E-state index in [1.165, 1.54) is 12.1 Å². The van der Waals surface area contributed by atoms with Gasteiger partial charge in [-0.2, -0.15) is 0 Å². The lowest BCUT2D eigenvalue weighted by atomic mass is 10.1. The molecule has 2 N–H and O–H groups in total. The summed E-state index contributed by atoms with van der Waals surface area (Å²) in [4.78, 5) is 11.3. The van der Waals surface area contributed by atoms with E-state index in [4.69, 9.17) is 15.1 Å². The number of hydrogen-bond acceptors (Lipinski definition) is 5. The van der Waals surface area contributed by atoms with Crippen LogP contribution in [0.2, 0.25) is 0 Å². The van der Waals surface area contributed by atoms with Crippen LogP contribution in [0.3, 0.4) is 0 Å². The highest BCUT2D eigenvalue weighted by Crippen LogP contribution is 2.10. The Balaban J connectivity index is 2.71. The molecular weight excluding hydrogens is 210 g/mol. The molecule has 0 fully saturated rings. The van der Waals surface area contributed by atoms with Gasteiger partial charge in [0, 0.05) is 6.42 Å². The number of hydrogen-bond donors (Lipinski definition) is 2. The molecule has 0 spiro atoms. The largest absolute Gasteiger partial charge is 0.508 e. The number of ether oxygens (including phenoxy) is 1. The van der Waals surface area contributed by atoms with Crippen LogP contribution in [0.5, 0.6) is 5.75 Å². The van der Waals surface area contributed by atoms with Crippen LogP contribution in [0.25, 0.3) is 0 Å². The number of aromatic hydroxyl groups is 1. The zero-order chi connectivity index (χ0) is 12.0. The highest BCUT2D eigenvalue weighted by Gasteiger charge is 2.13. The number of rotatable bonds is 4. The third kappa shape index (κ3) is 3.27. The molecule has 0 aliphatic heterocycles. The van der Waals surface area contributed by atoms with E-state index in [2.05, 4.69) is 5.16 Å². The zero-order valence-corrected chi connectivity index (χ0v) is 8.88. The Bertz CT molecular complexity index is 383. The fourth-order valence-electron chi connectivity index (χ4n) is 1.17. The van der Waals surface area contributed by atoms with Gasteiger partial charge in [0.15, 0.2) is 5.71 Å². The molecule has 1 aromatic carbocycles. The molecule has 0 aliphatic carbocycles. The minimum atomic E-state index is -0.641. The SMILES string of the molecule is CCOC(=O)/C(Cc1ccc(O)cc1)=N\O. The van der Waals surface area contributed by atoms with E-state index < -0.39 is 5.97 Å². The summed E-state index contributed by atoms with van der Waals surface area (Å²) in [5.41, 5.74) is 0.686. The van der Waals surface area contributed by atoms with Crippen molar-refractivity contribution in [1.29, 1.82) is 0 Å². The Morgan fingerprint density at radius 2 is 2.00 bits per heavy atom. The average Bonchev–Trinajstić information content (AvgIpc) is 2.28. The van der Waals surface area contributed by atoms with Gasteiger partial charge >= 0.3 is 5.97 Å². The van der Waals surface area contributed by atoms with Gasteiger partial charge in [0.2, 0.25) is 0 Å². The number of carbonyl (C=O) groups is 1. The molecule has 0 atom stereocenters. The standard InChI is InChI=1S/C11H13NO4/c1-2-16-11(14)10(12-15)7-8-3-5-9(13)6-4-8/h3-6,13,15H,2,7H2,1H3/b12-10-. The minimum Gasteiger partial charge on any atom is -0.508 e. The van der Waals surface area contributed by atoms with Gasteiger partial charge in [-0.15, -0.1) is 0 Å². The molecule has 0 amide bonds. The Hall–Kier alpha value is -2.04. The number of phenolic OH excluding ortho intramolecular Hbond substituents is 1. The van der Waals surface area contributed by atoms with Gasteiger partial charge in [-0.05, 0) is 24.6 Å². The van der Waals surface area contributed by atoms with E-state index in [0.29, 0.717) is 0 Å². The second kappa shape index (κ2) is 5.75. The minimum absolute atomic E-state index is 0.0625. The summed E-state index contributed by atoms with van der Waals surface area (Å²) >= 11 is 0. The van der Waals surface area contributed by atoms with E-state index in [1.807, 2.05) is 0 Å². The molecule has 0 aliphatic rings. The van der Waals surface area contributed by atoms with Gasteiger partial charge in [0.25, 0.3) is 0 Å². The fraction of sp³-hybridized carbons (Fsp3) is 0.273. The number of oxime groups is 1. The lowest BCUT2D eigenvalue weighted by Gasteiger charge is -2.04. The highest BCUT2D eigenvalue weighted by atomic mass is 16.5. The number of carbonyl (C=O) groups excluding carboxylic acids is 1. The Morgan fingerprint density at radius 3 is 2.50 bits per heavy atom. The lowest BCUT2D eigenvalue weighted by Crippen LogP contribution is -2.19. The van der Waals surface area contributed by atoms with Gasteiger partial charge in [-0.1, -0.05) is 17.3 Å². The van der Waals surface area contributed by atoms with Crippen LogP contribution in [0.15, 0.2) is 29.4 Å². The normalized spacial score (nSPS) is 11.2. The summed E-state index contributed by atoms with van der Waals surface area (Å²) < 4.78 is 4.71.